The first kappa shape index (κ1) is 16.5. The van der Waals surface area contributed by atoms with Gasteiger partial charge in [-0.1, -0.05) is 0 Å². The van der Waals surface area contributed by atoms with Gasteiger partial charge in [0.1, 0.15) is 0 Å². The monoisotopic (exact) mass is 309 g/mol. The zero-order valence-electron chi connectivity index (χ0n) is 13.4. The second kappa shape index (κ2) is 7.95. The third kappa shape index (κ3) is 6.18. The number of fused-ring (bicyclic) bond motifs is 1. The highest BCUT2D eigenvalue weighted by Crippen LogP contribution is 2.34. The maximum absolute atomic E-state index is 5.72. The van der Waals surface area contributed by atoms with Crippen molar-refractivity contribution in [2.75, 3.05) is 25.5 Å². The lowest BCUT2D eigenvalue weighted by Gasteiger charge is -2.20. The average molecular weight is 309 g/mol. The van der Waals surface area contributed by atoms with Crippen molar-refractivity contribution in [2.45, 2.75) is 50.5 Å². The van der Waals surface area contributed by atoms with E-state index in [1.807, 2.05) is 17.8 Å². The zero-order chi connectivity index (χ0) is 15.1. The standard InChI is InChI=1S/C17H27NO2S/c1-17(2,3)18-9-4-5-12-21-14-7-8-15-16(13-14)20-11-6-10-19-15/h7-8,13,18H,4-6,9-12H2,1-3H3. The fourth-order valence-corrected chi connectivity index (χ4v) is 3.05. The van der Waals surface area contributed by atoms with Crippen molar-refractivity contribution in [1.82, 2.24) is 5.32 Å². The third-order valence-electron chi connectivity index (χ3n) is 3.21. The van der Waals surface area contributed by atoms with Gasteiger partial charge >= 0.3 is 0 Å². The molecule has 0 spiro atoms. The lowest BCUT2D eigenvalue weighted by Crippen LogP contribution is -2.36. The van der Waals surface area contributed by atoms with E-state index in [1.54, 1.807) is 0 Å². The van der Waals surface area contributed by atoms with Gasteiger partial charge in [-0.15, -0.1) is 11.8 Å². The van der Waals surface area contributed by atoms with E-state index in [-0.39, 0.29) is 5.54 Å². The smallest absolute Gasteiger partial charge is 0.162 e. The topological polar surface area (TPSA) is 30.5 Å². The molecule has 0 amide bonds. The van der Waals surface area contributed by atoms with E-state index < -0.39 is 0 Å². The number of thioether (sulfide) groups is 1. The SMILES string of the molecule is CC(C)(C)NCCCCSc1ccc2c(c1)OCCCO2. The number of nitrogens with one attached hydrogen (secondary N) is 1. The number of benzene rings is 1. The van der Waals surface area contributed by atoms with Crippen LogP contribution in [-0.2, 0) is 0 Å². The van der Waals surface area contributed by atoms with Crippen molar-refractivity contribution in [1.29, 1.82) is 0 Å². The van der Waals surface area contributed by atoms with Gasteiger partial charge in [-0.2, -0.15) is 0 Å². The van der Waals surface area contributed by atoms with Crippen LogP contribution in [0.1, 0.15) is 40.0 Å². The lowest BCUT2D eigenvalue weighted by atomic mass is 10.1. The van der Waals surface area contributed by atoms with Gasteiger partial charge in [-0.3, -0.25) is 0 Å². The summed E-state index contributed by atoms with van der Waals surface area (Å²) in [5, 5.41) is 3.52. The van der Waals surface area contributed by atoms with Crippen LogP contribution in [0.2, 0.25) is 0 Å². The normalized spacial score (nSPS) is 14.8. The summed E-state index contributed by atoms with van der Waals surface area (Å²) >= 11 is 1.89. The average Bonchev–Trinajstić information content (AvgIpc) is 2.66. The van der Waals surface area contributed by atoms with Crippen LogP contribution in [-0.4, -0.2) is 31.1 Å². The molecule has 118 valence electrons. The van der Waals surface area contributed by atoms with Crippen LogP contribution in [0.4, 0.5) is 0 Å². The molecule has 0 aliphatic carbocycles. The molecule has 0 unspecified atom stereocenters. The first-order valence-corrected chi connectivity index (χ1v) is 8.81. The number of hydrogen-bond acceptors (Lipinski definition) is 4. The van der Waals surface area contributed by atoms with E-state index in [9.17, 15) is 0 Å². The molecule has 0 saturated carbocycles. The lowest BCUT2D eigenvalue weighted by molar-refractivity contribution is 0.297. The van der Waals surface area contributed by atoms with E-state index >= 15 is 0 Å². The molecule has 0 saturated heterocycles. The second-order valence-electron chi connectivity index (χ2n) is 6.39. The van der Waals surface area contributed by atoms with Crippen molar-refractivity contribution in [3.63, 3.8) is 0 Å². The molecule has 0 atom stereocenters. The maximum atomic E-state index is 5.72. The van der Waals surface area contributed by atoms with Crippen LogP contribution >= 0.6 is 11.8 Å². The molecule has 0 bridgehead atoms. The van der Waals surface area contributed by atoms with E-state index in [2.05, 4.69) is 38.2 Å². The largest absolute Gasteiger partial charge is 0.490 e. The van der Waals surface area contributed by atoms with Crippen LogP contribution in [0.5, 0.6) is 11.5 Å². The number of ether oxygens (including phenoxy) is 2. The molecule has 1 N–H and O–H groups in total. The fourth-order valence-electron chi connectivity index (χ4n) is 2.11. The van der Waals surface area contributed by atoms with Gasteiger partial charge in [0.05, 0.1) is 13.2 Å². The van der Waals surface area contributed by atoms with E-state index in [1.165, 1.54) is 17.7 Å². The predicted octanol–water partition coefficient (Wildman–Crippen LogP) is 4.11. The summed E-state index contributed by atoms with van der Waals surface area (Å²) in [4.78, 5) is 1.27. The van der Waals surface area contributed by atoms with Crippen LogP contribution < -0.4 is 14.8 Å². The van der Waals surface area contributed by atoms with E-state index in [0.717, 1.165) is 43.4 Å². The van der Waals surface area contributed by atoms with Gasteiger partial charge in [0, 0.05) is 16.9 Å². The Kier molecular flexibility index (Phi) is 6.24. The van der Waals surface area contributed by atoms with Crippen LogP contribution in [0.15, 0.2) is 23.1 Å². The summed E-state index contributed by atoms with van der Waals surface area (Å²) in [6, 6.07) is 6.27. The van der Waals surface area contributed by atoms with Crippen LogP contribution in [0, 0.1) is 0 Å². The fraction of sp³-hybridized carbons (Fsp3) is 0.647. The highest BCUT2D eigenvalue weighted by Gasteiger charge is 2.11. The minimum Gasteiger partial charge on any atom is -0.490 e. The Morgan fingerprint density at radius 2 is 1.86 bits per heavy atom. The predicted molar refractivity (Wildman–Crippen MR) is 89.8 cm³/mol. The van der Waals surface area contributed by atoms with Gasteiger partial charge in [0.25, 0.3) is 0 Å². The summed E-state index contributed by atoms with van der Waals surface area (Å²) in [6.45, 7) is 9.21. The Hall–Kier alpha value is -0.870. The Morgan fingerprint density at radius 1 is 1.10 bits per heavy atom. The second-order valence-corrected chi connectivity index (χ2v) is 7.56. The third-order valence-corrected chi connectivity index (χ3v) is 4.29. The minimum atomic E-state index is 0.224. The molecule has 0 radical (unpaired) electrons. The molecule has 3 nitrogen and oxygen atoms in total. The number of rotatable bonds is 6. The Morgan fingerprint density at radius 3 is 2.62 bits per heavy atom. The molecular weight excluding hydrogens is 282 g/mol. The van der Waals surface area contributed by atoms with Gasteiger partial charge in [-0.25, -0.2) is 0 Å². The van der Waals surface area contributed by atoms with Crippen LogP contribution in [0.25, 0.3) is 0 Å². The summed E-state index contributed by atoms with van der Waals surface area (Å²) in [5.41, 5.74) is 0.224. The molecule has 1 aromatic rings. The molecule has 1 aliphatic rings. The molecule has 0 aromatic heterocycles. The maximum Gasteiger partial charge on any atom is 0.162 e. The van der Waals surface area contributed by atoms with Gasteiger partial charge in [0.2, 0.25) is 0 Å². The van der Waals surface area contributed by atoms with Gasteiger partial charge in [0.15, 0.2) is 11.5 Å². The molecule has 2 rings (SSSR count). The first-order chi connectivity index (χ1) is 10.0. The summed E-state index contributed by atoms with van der Waals surface area (Å²) < 4.78 is 11.4. The summed E-state index contributed by atoms with van der Waals surface area (Å²) in [6.07, 6.45) is 3.40. The van der Waals surface area contributed by atoms with Crippen LogP contribution in [0.3, 0.4) is 0 Å². The van der Waals surface area contributed by atoms with Gasteiger partial charge in [-0.05, 0) is 64.1 Å². The molecule has 1 aromatic carbocycles. The molecule has 4 heteroatoms. The van der Waals surface area contributed by atoms with E-state index in [4.69, 9.17) is 9.47 Å². The van der Waals surface area contributed by atoms with Crippen molar-refractivity contribution >= 4 is 11.8 Å². The summed E-state index contributed by atoms with van der Waals surface area (Å²) in [7, 11) is 0. The zero-order valence-corrected chi connectivity index (χ0v) is 14.2. The molecule has 1 aliphatic heterocycles. The van der Waals surface area contributed by atoms with E-state index in [0.29, 0.717) is 0 Å². The Balaban J connectivity index is 1.70. The van der Waals surface area contributed by atoms with Crippen molar-refractivity contribution in [3.8, 4) is 11.5 Å². The van der Waals surface area contributed by atoms with Crippen molar-refractivity contribution < 1.29 is 9.47 Å². The highest BCUT2D eigenvalue weighted by atomic mass is 32.2. The Bertz CT molecular complexity index is 443. The highest BCUT2D eigenvalue weighted by molar-refractivity contribution is 7.99. The first-order valence-electron chi connectivity index (χ1n) is 7.82. The van der Waals surface area contributed by atoms with Crippen molar-refractivity contribution in [2.24, 2.45) is 0 Å². The summed E-state index contributed by atoms with van der Waals surface area (Å²) in [5.74, 6) is 2.92. The molecular formula is C17H27NO2S. The van der Waals surface area contributed by atoms with Gasteiger partial charge < -0.3 is 14.8 Å². The number of hydrogen-bond donors (Lipinski definition) is 1. The molecule has 21 heavy (non-hydrogen) atoms. The quantitative estimate of drug-likeness (QED) is 0.633. The van der Waals surface area contributed by atoms with Crippen molar-refractivity contribution in [3.05, 3.63) is 18.2 Å². The Labute approximate surface area is 132 Å². The minimum absolute atomic E-state index is 0.224. The number of unbranched alkanes of at least 4 members (excludes halogenated alkanes) is 1. The molecule has 0 fully saturated rings. The molecule has 1 heterocycles.